The lowest BCUT2D eigenvalue weighted by Gasteiger charge is -2.04. The van der Waals surface area contributed by atoms with Gasteiger partial charge < -0.3 is 20.0 Å². The first-order valence-corrected chi connectivity index (χ1v) is 6.90. The van der Waals surface area contributed by atoms with E-state index in [9.17, 15) is 4.79 Å². The highest BCUT2D eigenvalue weighted by Gasteiger charge is 2.13. The van der Waals surface area contributed by atoms with Crippen LogP contribution in [0.2, 0.25) is 0 Å². The highest BCUT2D eigenvalue weighted by Crippen LogP contribution is 2.21. The van der Waals surface area contributed by atoms with Crippen molar-refractivity contribution >= 4 is 22.8 Å². The number of carbonyl (C=O) groups is 1. The molecule has 0 saturated carbocycles. The van der Waals surface area contributed by atoms with Crippen LogP contribution in [-0.4, -0.2) is 38.0 Å². The first-order valence-electron chi connectivity index (χ1n) is 6.90. The second-order valence-electron chi connectivity index (χ2n) is 4.72. The lowest BCUT2D eigenvalue weighted by atomic mass is 10.3. The van der Waals surface area contributed by atoms with Crippen LogP contribution in [0.25, 0.3) is 11.0 Å². The number of anilines is 1. The van der Waals surface area contributed by atoms with E-state index in [0.717, 1.165) is 23.3 Å². The third-order valence-corrected chi connectivity index (χ3v) is 3.32. The van der Waals surface area contributed by atoms with Gasteiger partial charge in [0.1, 0.15) is 29.3 Å². The maximum atomic E-state index is 11.6. The van der Waals surface area contributed by atoms with Crippen molar-refractivity contribution in [1.82, 2.24) is 24.9 Å². The molecule has 0 fully saturated rings. The average Bonchev–Trinajstić information content (AvgIpc) is 3.18. The Hall–Kier alpha value is -2.90. The summed E-state index contributed by atoms with van der Waals surface area (Å²) < 4.78 is 4.70. The number of esters is 1. The smallest absolute Gasteiger partial charge is 0.354 e. The Morgan fingerprint density at radius 3 is 2.91 bits per heavy atom. The van der Waals surface area contributed by atoms with Crippen LogP contribution in [0.1, 0.15) is 28.9 Å². The van der Waals surface area contributed by atoms with Gasteiger partial charge in [-0.15, -0.1) is 0 Å². The predicted octanol–water partition coefficient (Wildman–Crippen LogP) is 1.64. The van der Waals surface area contributed by atoms with Gasteiger partial charge in [0.25, 0.3) is 0 Å². The molecule has 22 heavy (non-hydrogen) atoms. The van der Waals surface area contributed by atoms with Crippen molar-refractivity contribution in [3.63, 3.8) is 0 Å². The summed E-state index contributed by atoms with van der Waals surface area (Å²) in [5, 5.41) is 3.92. The highest BCUT2D eigenvalue weighted by molar-refractivity contribution is 5.97. The van der Waals surface area contributed by atoms with Crippen LogP contribution in [0, 0.1) is 0 Å². The first-order chi connectivity index (χ1) is 10.7. The molecule has 0 atom stereocenters. The number of nitrogens with zero attached hydrogens (tertiary/aromatic N) is 3. The number of carbonyl (C=O) groups excluding carboxylic acids is 1. The monoisotopic (exact) mass is 300 g/mol. The van der Waals surface area contributed by atoms with Crippen molar-refractivity contribution in [3.05, 3.63) is 35.8 Å². The summed E-state index contributed by atoms with van der Waals surface area (Å²) in [7, 11) is 1.33. The van der Waals surface area contributed by atoms with Gasteiger partial charge in [-0.25, -0.2) is 19.7 Å². The molecule has 0 radical (unpaired) electrons. The molecule has 0 aromatic carbocycles. The maximum Gasteiger partial charge on any atom is 0.354 e. The number of aromatic nitrogens is 5. The quantitative estimate of drug-likeness (QED) is 0.618. The molecule has 0 bridgehead atoms. The van der Waals surface area contributed by atoms with E-state index in [-0.39, 0.29) is 0 Å². The van der Waals surface area contributed by atoms with Crippen molar-refractivity contribution in [2.75, 3.05) is 12.4 Å². The standard InChI is InChI=1S/C14H16N6O2/c1-3-8-5-15-11(19-8)6-16-12-9-4-10(14(21)22-2)20-13(9)18-7-17-12/h4-5,7H,3,6H2,1-2H3,(H,15,19)(H2,16,17,18,20). The van der Waals surface area contributed by atoms with Crippen molar-refractivity contribution in [3.8, 4) is 0 Å². The number of nitrogens with one attached hydrogen (secondary N) is 3. The highest BCUT2D eigenvalue weighted by atomic mass is 16.5. The molecular formula is C14H16N6O2. The van der Waals surface area contributed by atoms with Gasteiger partial charge in [0.05, 0.1) is 19.0 Å². The number of methoxy groups -OCH3 is 1. The number of hydrogen-bond donors (Lipinski definition) is 3. The van der Waals surface area contributed by atoms with Crippen LogP contribution in [0.4, 0.5) is 5.82 Å². The van der Waals surface area contributed by atoms with E-state index in [2.05, 4.69) is 37.2 Å². The van der Waals surface area contributed by atoms with Gasteiger partial charge in [-0.05, 0) is 12.5 Å². The summed E-state index contributed by atoms with van der Waals surface area (Å²) in [6.07, 6.45) is 4.16. The Kier molecular flexibility index (Phi) is 3.73. The van der Waals surface area contributed by atoms with E-state index in [4.69, 9.17) is 4.74 Å². The van der Waals surface area contributed by atoms with Crippen molar-refractivity contribution < 1.29 is 9.53 Å². The second kappa shape index (κ2) is 5.84. The Balaban J connectivity index is 1.83. The summed E-state index contributed by atoms with van der Waals surface area (Å²) in [4.78, 5) is 30.3. The number of imidazole rings is 1. The minimum Gasteiger partial charge on any atom is -0.464 e. The van der Waals surface area contributed by atoms with Crippen LogP contribution in [-0.2, 0) is 17.7 Å². The SMILES string of the molecule is CCc1cnc(CNc2ncnc3[nH]c(C(=O)OC)cc23)[nH]1. The summed E-state index contributed by atoms with van der Waals surface area (Å²) in [6.45, 7) is 2.57. The van der Waals surface area contributed by atoms with Crippen molar-refractivity contribution in [1.29, 1.82) is 0 Å². The van der Waals surface area contributed by atoms with E-state index < -0.39 is 5.97 Å². The second-order valence-corrected chi connectivity index (χ2v) is 4.72. The Morgan fingerprint density at radius 1 is 1.32 bits per heavy atom. The molecule has 0 unspecified atom stereocenters. The molecule has 3 aromatic rings. The summed E-state index contributed by atoms with van der Waals surface area (Å²) in [5.74, 6) is 1.01. The van der Waals surface area contributed by atoms with E-state index in [1.807, 2.05) is 6.20 Å². The van der Waals surface area contributed by atoms with Crippen LogP contribution >= 0.6 is 0 Å². The molecule has 3 heterocycles. The molecule has 0 aliphatic heterocycles. The number of aryl methyl sites for hydroxylation is 1. The van der Waals surface area contributed by atoms with E-state index in [1.165, 1.54) is 13.4 Å². The van der Waals surface area contributed by atoms with E-state index >= 15 is 0 Å². The van der Waals surface area contributed by atoms with Gasteiger partial charge in [-0.3, -0.25) is 0 Å². The topological polar surface area (TPSA) is 109 Å². The molecule has 0 aliphatic rings. The van der Waals surface area contributed by atoms with Gasteiger partial charge in [-0.2, -0.15) is 0 Å². The zero-order valence-corrected chi connectivity index (χ0v) is 12.3. The van der Waals surface area contributed by atoms with E-state index in [0.29, 0.717) is 23.7 Å². The molecular weight excluding hydrogens is 284 g/mol. The number of aromatic amines is 2. The predicted molar refractivity (Wildman–Crippen MR) is 80.5 cm³/mol. The summed E-state index contributed by atoms with van der Waals surface area (Å²) in [6, 6.07) is 1.67. The number of rotatable bonds is 5. The third-order valence-electron chi connectivity index (χ3n) is 3.32. The molecule has 8 heteroatoms. The Bertz CT molecular complexity index is 807. The molecule has 3 N–H and O–H groups in total. The molecule has 8 nitrogen and oxygen atoms in total. The summed E-state index contributed by atoms with van der Waals surface area (Å²) in [5.41, 5.74) is 2.00. The zero-order chi connectivity index (χ0) is 15.5. The molecule has 3 rings (SSSR count). The summed E-state index contributed by atoms with van der Waals surface area (Å²) >= 11 is 0. The van der Waals surface area contributed by atoms with Gasteiger partial charge in [0.15, 0.2) is 0 Å². The average molecular weight is 300 g/mol. The molecule has 0 spiro atoms. The van der Waals surface area contributed by atoms with Crippen LogP contribution in [0.15, 0.2) is 18.6 Å². The van der Waals surface area contributed by atoms with Gasteiger partial charge >= 0.3 is 5.97 Å². The molecule has 114 valence electrons. The zero-order valence-electron chi connectivity index (χ0n) is 12.3. The van der Waals surface area contributed by atoms with Gasteiger partial charge in [0.2, 0.25) is 0 Å². The molecule has 0 amide bonds. The van der Waals surface area contributed by atoms with Crippen molar-refractivity contribution in [2.45, 2.75) is 19.9 Å². The van der Waals surface area contributed by atoms with Crippen molar-refractivity contribution in [2.24, 2.45) is 0 Å². The van der Waals surface area contributed by atoms with Gasteiger partial charge in [0, 0.05) is 11.9 Å². The van der Waals surface area contributed by atoms with E-state index in [1.54, 1.807) is 6.07 Å². The largest absolute Gasteiger partial charge is 0.464 e. The Labute approximate surface area is 126 Å². The fraction of sp³-hybridized carbons (Fsp3) is 0.286. The molecule has 3 aromatic heterocycles. The number of ether oxygens (including phenoxy) is 1. The Morgan fingerprint density at radius 2 is 2.18 bits per heavy atom. The number of hydrogen-bond acceptors (Lipinski definition) is 6. The minimum atomic E-state index is -0.442. The lowest BCUT2D eigenvalue weighted by Crippen LogP contribution is -2.03. The lowest BCUT2D eigenvalue weighted by molar-refractivity contribution is 0.0595. The fourth-order valence-corrected chi connectivity index (χ4v) is 2.14. The maximum absolute atomic E-state index is 11.6. The molecule has 0 saturated heterocycles. The van der Waals surface area contributed by atoms with Crippen LogP contribution in [0.3, 0.4) is 0 Å². The number of fused-ring (bicyclic) bond motifs is 1. The minimum absolute atomic E-state index is 0.340. The molecule has 0 aliphatic carbocycles. The first kappa shape index (κ1) is 14.1. The third kappa shape index (κ3) is 2.62. The van der Waals surface area contributed by atoms with Gasteiger partial charge in [-0.1, -0.05) is 6.92 Å². The van der Waals surface area contributed by atoms with Crippen LogP contribution in [0.5, 0.6) is 0 Å². The number of H-pyrrole nitrogens is 2. The fourth-order valence-electron chi connectivity index (χ4n) is 2.14. The van der Waals surface area contributed by atoms with Crippen LogP contribution < -0.4 is 5.32 Å². The normalized spacial score (nSPS) is 10.8.